The number of nitrogens with zero attached hydrogens (tertiary/aromatic N) is 5. The number of aromatic amines is 1. The third-order valence-electron chi connectivity index (χ3n) is 5.39. The maximum Gasteiger partial charge on any atom is 0.348 e. The number of tetrazole rings is 1. The van der Waals surface area contributed by atoms with Crippen molar-refractivity contribution in [3.63, 3.8) is 0 Å². The zero-order valence-corrected chi connectivity index (χ0v) is 19.6. The molecule has 10 heteroatoms. The molecule has 0 saturated heterocycles. The first-order valence-corrected chi connectivity index (χ1v) is 11.6. The van der Waals surface area contributed by atoms with Gasteiger partial charge in [0.05, 0.1) is 18.2 Å². The van der Waals surface area contributed by atoms with Gasteiger partial charge in [-0.1, -0.05) is 48.5 Å². The fourth-order valence-corrected chi connectivity index (χ4v) is 4.86. The van der Waals surface area contributed by atoms with Gasteiger partial charge in [-0.25, -0.2) is 4.79 Å². The van der Waals surface area contributed by atoms with Gasteiger partial charge in [0.2, 0.25) is 5.82 Å². The number of carboxylic acids is 1. The number of fused-ring (bicyclic) bond motifs is 1. The lowest BCUT2D eigenvalue weighted by Gasteiger charge is -2.13. The summed E-state index contributed by atoms with van der Waals surface area (Å²) in [6.07, 6.45) is -0.0912. The second-order valence-electron chi connectivity index (χ2n) is 8.11. The molecule has 9 nitrogen and oxygen atoms in total. The van der Waals surface area contributed by atoms with Crippen molar-refractivity contribution in [2.75, 3.05) is 0 Å². The van der Waals surface area contributed by atoms with Crippen LogP contribution in [0.4, 0.5) is 0 Å². The predicted octanol–water partition coefficient (Wildman–Crippen LogP) is 4.79. The smallest absolute Gasteiger partial charge is 0.348 e. The Morgan fingerprint density at radius 2 is 1.88 bits per heavy atom. The highest BCUT2D eigenvalue weighted by atomic mass is 32.1. The number of rotatable bonds is 7. The van der Waals surface area contributed by atoms with E-state index in [0.717, 1.165) is 27.1 Å². The number of ether oxygens (including phenoxy) is 1. The first kappa shape index (κ1) is 21.8. The van der Waals surface area contributed by atoms with Crippen LogP contribution >= 0.6 is 11.3 Å². The Morgan fingerprint density at radius 3 is 2.53 bits per heavy atom. The van der Waals surface area contributed by atoms with E-state index in [1.54, 1.807) is 0 Å². The molecular formula is C24H22N6O3S. The van der Waals surface area contributed by atoms with Crippen molar-refractivity contribution >= 4 is 28.3 Å². The Hall–Kier alpha value is -4.05. The highest BCUT2D eigenvalue weighted by Crippen LogP contribution is 2.35. The lowest BCUT2D eigenvalue weighted by molar-refractivity contribution is 0.0703. The van der Waals surface area contributed by atoms with Crippen LogP contribution in [-0.2, 0) is 6.54 Å². The Kier molecular flexibility index (Phi) is 5.58. The molecule has 0 aliphatic rings. The van der Waals surface area contributed by atoms with Crippen molar-refractivity contribution in [2.45, 2.75) is 33.4 Å². The molecular weight excluding hydrogens is 452 g/mol. The topological polar surface area (TPSA) is 119 Å². The van der Waals surface area contributed by atoms with Crippen molar-refractivity contribution in [3.05, 3.63) is 63.8 Å². The maximum absolute atomic E-state index is 11.9. The van der Waals surface area contributed by atoms with Gasteiger partial charge in [0.1, 0.15) is 10.4 Å². The SMILES string of the molecule is Cc1sc(C(=O)O)c2c1nc(OC(C)C)n2Cc1ccc(-c2ccccc2-c2nn[nH]n2)cc1. The zero-order valence-electron chi connectivity index (χ0n) is 18.8. The number of thiophene rings is 1. The van der Waals surface area contributed by atoms with E-state index in [1.807, 2.05) is 73.9 Å². The van der Waals surface area contributed by atoms with Crippen LogP contribution in [0.5, 0.6) is 6.01 Å². The lowest BCUT2D eigenvalue weighted by Crippen LogP contribution is -2.12. The molecule has 5 rings (SSSR count). The van der Waals surface area contributed by atoms with Crippen molar-refractivity contribution < 1.29 is 14.6 Å². The maximum atomic E-state index is 11.9. The molecule has 0 aliphatic heterocycles. The molecule has 3 aromatic heterocycles. The molecule has 2 N–H and O–H groups in total. The van der Waals surface area contributed by atoms with Crippen molar-refractivity contribution in [3.8, 4) is 28.5 Å². The van der Waals surface area contributed by atoms with Gasteiger partial charge >= 0.3 is 5.97 Å². The van der Waals surface area contributed by atoms with Gasteiger partial charge in [0, 0.05) is 10.4 Å². The number of aromatic nitrogens is 6. The molecule has 2 aromatic carbocycles. The van der Waals surface area contributed by atoms with Crippen LogP contribution in [0.2, 0.25) is 0 Å². The van der Waals surface area contributed by atoms with Gasteiger partial charge in [-0.15, -0.1) is 21.5 Å². The first-order chi connectivity index (χ1) is 16.4. The van der Waals surface area contributed by atoms with E-state index in [0.29, 0.717) is 29.4 Å². The van der Waals surface area contributed by atoms with Gasteiger partial charge in [-0.3, -0.25) is 4.57 Å². The number of aromatic carboxylic acids is 1. The van der Waals surface area contributed by atoms with Gasteiger partial charge in [0.25, 0.3) is 6.01 Å². The predicted molar refractivity (Wildman–Crippen MR) is 129 cm³/mol. The van der Waals surface area contributed by atoms with Gasteiger partial charge in [-0.2, -0.15) is 10.2 Å². The summed E-state index contributed by atoms with van der Waals surface area (Å²) in [5.74, 6) is -0.432. The monoisotopic (exact) mass is 474 g/mol. The molecule has 0 radical (unpaired) electrons. The Bertz CT molecular complexity index is 1470. The summed E-state index contributed by atoms with van der Waals surface area (Å²) in [4.78, 5) is 17.7. The zero-order chi connectivity index (χ0) is 23.8. The van der Waals surface area contributed by atoms with Crippen LogP contribution in [0.15, 0.2) is 48.5 Å². The van der Waals surface area contributed by atoms with Gasteiger partial charge < -0.3 is 9.84 Å². The summed E-state index contributed by atoms with van der Waals surface area (Å²) in [7, 11) is 0. The number of H-pyrrole nitrogens is 1. The molecule has 34 heavy (non-hydrogen) atoms. The minimum Gasteiger partial charge on any atom is -0.477 e. The molecule has 0 bridgehead atoms. The molecule has 3 heterocycles. The van der Waals surface area contributed by atoms with Crippen LogP contribution in [0.25, 0.3) is 33.5 Å². The molecule has 0 amide bonds. The summed E-state index contributed by atoms with van der Waals surface area (Å²) in [5, 5.41) is 24.1. The average molecular weight is 475 g/mol. The van der Waals surface area contributed by atoms with Crippen molar-refractivity contribution in [1.82, 2.24) is 30.2 Å². The van der Waals surface area contributed by atoms with E-state index >= 15 is 0 Å². The quantitative estimate of drug-likeness (QED) is 0.348. The molecule has 0 atom stereocenters. The van der Waals surface area contributed by atoms with Crippen LogP contribution in [0.3, 0.4) is 0 Å². The number of hydrogen-bond donors (Lipinski definition) is 2. The van der Waals surface area contributed by atoms with E-state index in [1.165, 1.54) is 11.3 Å². The third kappa shape index (κ3) is 3.92. The Morgan fingerprint density at radius 1 is 1.15 bits per heavy atom. The van der Waals surface area contributed by atoms with Crippen molar-refractivity contribution in [1.29, 1.82) is 0 Å². The molecule has 0 unspecified atom stereocenters. The highest BCUT2D eigenvalue weighted by molar-refractivity contribution is 7.15. The standard InChI is InChI=1S/C24H22N6O3S/c1-13(2)33-24-25-19-14(3)34-21(23(31)32)20(19)30(24)12-15-8-10-16(11-9-15)17-6-4-5-7-18(17)22-26-28-29-27-22/h4-11,13H,12H2,1-3H3,(H,31,32)(H,26,27,28,29). The molecule has 0 spiro atoms. The lowest BCUT2D eigenvalue weighted by atomic mass is 9.98. The van der Waals surface area contributed by atoms with Gasteiger partial charge in [-0.05, 0) is 42.7 Å². The number of carboxylic acid groups (broad SMARTS) is 1. The summed E-state index contributed by atoms with van der Waals surface area (Å²) in [5.41, 5.74) is 5.14. The summed E-state index contributed by atoms with van der Waals surface area (Å²) in [6, 6.07) is 16.4. The minimum atomic E-state index is -0.964. The number of hydrogen-bond acceptors (Lipinski definition) is 7. The number of aryl methyl sites for hydroxylation is 1. The van der Waals surface area contributed by atoms with Crippen molar-refractivity contribution in [2.24, 2.45) is 0 Å². The minimum absolute atomic E-state index is 0.0912. The summed E-state index contributed by atoms with van der Waals surface area (Å²) >= 11 is 1.24. The Balaban J connectivity index is 1.53. The first-order valence-electron chi connectivity index (χ1n) is 10.7. The summed E-state index contributed by atoms with van der Waals surface area (Å²) in [6.45, 7) is 6.16. The van der Waals surface area contributed by atoms with Gasteiger partial charge in [0.15, 0.2) is 0 Å². The molecule has 0 saturated carbocycles. The number of benzene rings is 2. The molecule has 172 valence electrons. The normalized spacial score (nSPS) is 11.4. The second-order valence-corrected chi connectivity index (χ2v) is 9.34. The largest absolute Gasteiger partial charge is 0.477 e. The van der Waals surface area contributed by atoms with Crippen LogP contribution < -0.4 is 4.74 Å². The molecule has 0 aliphatic carbocycles. The number of nitrogens with one attached hydrogen (secondary N) is 1. The number of carbonyl (C=O) groups is 1. The highest BCUT2D eigenvalue weighted by Gasteiger charge is 2.24. The fourth-order valence-electron chi connectivity index (χ4n) is 3.93. The second kappa shape index (κ2) is 8.71. The van der Waals surface area contributed by atoms with E-state index in [-0.39, 0.29) is 11.0 Å². The van der Waals surface area contributed by atoms with E-state index in [2.05, 4.69) is 25.6 Å². The summed E-state index contributed by atoms with van der Waals surface area (Å²) < 4.78 is 7.79. The fraction of sp³-hybridized carbons (Fsp3) is 0.208. The third-order valence-corrected chi connectivity index (χ3v) is 6.46. The molecule has 5 aromatic rings. The van der Waals surface area contributed by atoms with Crippen LogP contribution in [0.1, 0.15) is 34.0 Å². The molecule has 0 fully saturated rings. The van der Waals surface area contributed by atoms with E-state index < -0.39 is 5.97 Å². The average Bonchev–Trinajstić information content (AvgIpc) is 3.53. The Labute approximate surface area is 199 Å². The van der Waals surface area contributed by atoms with E-state index in [9.17, 15) is 9.90 Å². The van der Waals surface area contributed by atoms with Crippen LogP contribution in [-0.4, -0.2) is 47.4 Å². The van der Waals surface area contributed by atoms with Crippen LogP contribution in [0, 0.1) is 6.92 Å². The number of imidazole rings is 1. The van der Waals surface area contributed by atoms with E-state index in [4.69, 9.17) is 4.74 Å².